The summed E-state index contributed by atoms with van der Waals surface area (Å²) in [4.78, 5) is 11.4. The second kappa shape index (κ2) is 9.21. The van der Waals surface area contributed by atoms with E-state index in [-0.39, 0.29) is 23.0 Å². The maximum Gasteiger partial charge on any atom is 0.335 e. The maximum absolute atomic E-state index is 11.4. The van der Waals surface area contributed by atoms with Gasteiger partial charge in [-0.2, -0.15) is 0 Å². The molecule has 4 aliphatic carbocycles. The number of carboxylic acid groups (broad SMARTS) is 1. The number of aliphatic hydroxyl groups excluding tert-OH is 4. The quantitative estimate of drug-likeness (QED) is 0.374. The van der Waals surface area contributed by atoms with Crippen molar-refractivity contribution in [1.29, 1.82) is 0 Å². The summed E-state index contributed by atoms with van der Waals surface area (Å²) < 4.78 is 11.4. The Morgan fingerprint density at radius 2 is 1.60 bits per heavy atom. The molecule has 0 unspecified atom stereocenters. The van der Waals surface area contributed by atoms with Crippen LogP contribution in [0.2, 0.25) is 0 Å². The van der Waals surface area contributed by atoms with E-state index >= 15 is 0 Å². The molecule has 0 aromatic carbocycles. The minimum Gasteiger partial charge on any atom is -0.479 e. The fourth-order valence-electron chi connectivity index (χ4n) is 9.53. The number of carbonyl (C=O) groups is 1. The number of aliphatic hydroxyl groups is 4. The summed E-state index contributed by atoms with van der Waals surface area (Å²) in [5.74, 6) is 1.60. The molecule has 4 saturated carbocycles. The molecule has 5 fully saturated rings. The Balaban J connectivity index is 1.26. The molecule has 1 aliphatic heterocycles. The summed E-state index contributed by atoms with van der Waals surface area (Å²) in [6.07, 6.45) is 1.63. The van der Waals surface area contributed by atoms with Crippen molar-refractivity contribution in [3.05, 3.63) is 0 Å². The van der Waals surface area contributed by atoms with Crippen LogP contribution in [-0.4, -0.2) is 74.4 Å². The third-order valence-corrected chi connectivity index (χ3v) is 11.4. The summed E-state index contributed by atoms with van der Waals surface area (Å²) in [6, 6.07) is 0. The topological polar surface area (TPSA) is 137 Å². The lowest BCUT2D eigenvalue weighted by molar-refractivity contribution is -0.309. The number of hydrogen-bond donors (Lipinski definition) is 5. The molecule has 5 N–H and O–H groups in total. The van der Waals surface area contributed by atoms with Crippen LogP contribution in [0.4, 0.5) is 0 Å². The Kier molecular flexibility index (Phi) is 6.80. The molecule has 14 atom stereocenters. The fourth-order valence-corrected chi connectivity index (χ4v) is 9.53. The Labute approximate surface area is 208 Å². The highest BCUT2D eigenvalue weighted by molar-refractivity contribution is 5.73. The number of carboxylic acids is 1. The molecule has 5 aliphatic rings. The van der Waals surface area contributed by atoms with Crippen LogP contribution < -0.4 is 0 Å². The standard InChI is InChI=1S/C27H44O8/c1-13(28)17-6-7-18-16-5-4-14-12-15(8-10-26(14,2)19(16)9-11-27(17,18)3)34-25-22(31)20(29)21(30)23(35-25)24(32)33/h13-23,25,28-31H,4-12H2,1-3H3,(H,32,33)/t13-,14-,15-,16+,17-,18+,19+,20+,21+,22-,23-,25-,26+,27-/m1/s1. The molecule has 5 rings (SSSR count). The van der Waals surface area contributed by atoms with E-state index in [1.54, 1.807) is 0 Å². The summed E-state index contributed by atoms with van der Waals surface area (Å²) in [5.41, 5.74) is 0.484. The Hall–Kier alpha value is -0.770. The van der Waals surface area contributed by atoms with Crippen molar-refractivity contribution < 1.29 is 39.8 Å². The van der Waals surface area contributed by atoms with E-state index in [0.29, 0.717) is 29.6 Å². The summed E-state index contributed by atoms with van der Waals surface area (Å²) in [7, 11) is 0. The fraction of sp³-hybridized carbons (Fsp3) is 0.963. The lowest BCUT2D eigenvalue weighted by Crippen LogP contribution is -2.61. The van der Waals surface area contributed by atoms with E-state index in [1.807, 2.05) is 6.92 Å². The van der Waals surface area contributed by atoms with Crippen molar-refractivity contribution in [3.63, 3.8) is 0 Å². The van der Waals surface area contributed by atoms with Gasteiger partial charge in [-0.05, 0) is 105 Å². The molecule has 0 bridgehead atoms. The van der Waals surface area contributed by atoms with E-state index in [2.05, 4.69) is 13.8 Å². The number of aliphatic carboxylic acids is 1. The normalized spacial score (nSPS) is 54.9. The molecule has 200 valence electrons. The molecule has 0 amide bonds. The molecular formula is C27H44O8. The molecule has 0 aromatic heterocycles. The SMILES string of the molecule is C[C@@H](O)[C@H]1CC[C@H]2[C@@H]3CC[C@@H]4C[C@H](O[C@@H]5O[C@@H](C(=O)O)[C@@H](O)[C@H](O)[C@H]5O)CC[C@]4(C)[C@H]3CC[C@]12C. The van der Waals surface area contributed by atoms with Crippen LogP contribution in [0.25, 0.3) is 0 Å². The van der Waals surface area contributed by atoms with Crippen molar-refractivity contribution in [2.45, 2.75) is 121 Å². The predicted octanol–water partition coefficient (Wildman–Crippen LogP) is 2.30. The second-order valence-corrected chi connectivity index (χ2v) is 12.9. The Morgan fingerprint density at radius 1 is 0.914 bits per heavy atom. The summed E-state index contributed by atoms with van der Waals surface area (Å²) >= 11 is 0. The lowest BCUT2D eigenvalue weighted by Gasteiger charge is -2.61. The van der Waals surface area contributed by atoms with E-state index < -0.39 is 36.7 Å². The van der Waals surface area contributed by atoms with Crippen LogP contribution in [0.3, 0.4) is 0 Å². The van der Waals surface area contributed by atoms with Gasteiger partial charge in [0.25, 0.3) is 0 Å². The molecule has 0 radical (unpaired) electrons. The van der Waals surface area contributed by atoms with Gasteiger partial charge in [-0.1, -0.05) is 13.8 Å². The average molecular weight is 497 g/mol. The van der Waals surface area contributed by atoms with Gasteiger partial charge in [-0.25, -0.2) is 4.79 Å². The summed E-state index contributed by atoms with van der Waals surface area (Å²) in [6.45, 7) is 6.86. The minimum absolute atomic E-state index is 0.180. The smallest absolute Gasteiger partial charge is 0.335 e. The molecule has 8 nitrogen and oxygen atoms in total. The third-order valence-electron chi connectivity index (χ3n) is 11.4. The number of fused-ring (bicyclic) bond motifs is 5. The van der Waals surface area contributed by atoms with Crippen molar-refractivity contribution in [3.8, 4) is 0 Å². The maximum atomic E-state index is 11.4. The minimum atomic E-state index is -1.70. The van der Waals surface area contributed by atoms with Gasteiger partial charge < -0.3 is 35.0 Å². The van der Waals surface area contributed by atoms with Gasteiger partial charge in [0, 0.05) is 0 Å². The molecule has 8 heteroatoms. The first-order chi connectivity index (χ1) is 16.5. The number of rotatable bonds is 4. The van der Waals surface area contributed by atoms with Crippen LogP contribution in [0, 0.1) is 40.4 Å². The first kappa shape index (κ1) is 25.9. The largest absolute Gasteiger partial charge is 0.479 e. The average Bonchev–Trinajstić information content (AvgIpc) is 3.17. The third kappa shape index (κ3) is 4.07. The Morgan fingerprint density at radius 3 is 2.29 bits per heavy atom. The monoisotopic (exact) mass is 496 g/mol. The van der Waals surface area contributed by atoms with Gasteiger partial charge in [0.2, 0.25) is 0 Å². The van der Waals surface area contributed by atoms with Crippen LogP contribution in [-0.2, 0) is 14.3 Å². The molecule has 1 saturated heterocycles. The highest BCUT2D eigenvalue weighted by atomic mass is 16.7. The predicted molar refractivity (Wildman–Crippen MR) is 126 cm³/mol. The molecular weight excluding hydrogens is 452 g/mol. The first-order valence-electron chi connectivity index (χ1n) is 13.7. The van der Waals surface area contributed by atoms with Crippen molar-refractivity contribution in [2.75, 3.05) is 0 Å². The van der Waals surface area contributed by atoms with E-state index in [9.17, 15) is 30.3 Å². The van der Waals surface area contributed by atoms with E-state index in [1.165, 1.54) is 25.7 Å². The van der Waals surface area contributed by atoms with Crippen LogP contribution in [0.1, 0.15) is 78.6 Å². The van der Waals surface area contributed by atoms with Gasteiger partial charge in [-0.3, -0.25) is 0 Å². The summed E-state index contributed by atoms with van der Waals surface area (Å²) in [5, 5.41) is 50.2. The molecule has 1 heterocycles. The van der Waals surface area contributed by atoms with Crippen molar-refractivity contribution in [2.24, 2.45) is 40.4 Å². The highest BCUT2D eigenvalue weighted by Crippen LogP contribution is 2.67. The lowest BCUT2D eigenvalue weighted by atomic mass is 9.44. The molecule has 35 heavy (non-hydrogen) atoms. The van der Waals surface area contributed by atoms with Gasteiger partial charge in [0.1, 0.15) is 18.3 Å². The van der Waals surface area contributed by atoms with Gasteiger partial charge >= 0.3 is 5.97 Å². The zero-order valence-electron chi connectivity index (χ0n) is 21.3. The van der Waals surface area contributed by atoms with Crippen molar-refractivity contribution in [1.82, 2.24) is 0 Å². The van der Waals surface area contributed by atoms with Gasteiger partial charge in [0.05, 0.1) is 12.2 Å². The number of hydrogen-bond acceptors (Lipinski definition) is 7. The van der Waals surface area contributed by atoms with Crippen LogP contribution in [0.15, 0.2) is 0 Å². The highest BCUT2D eigenvalue weighted by Gasteiger charge is 2.61. The van der Waals surface area contributed by atoms with Gasteiger partial charge in [-0.15, -0.1) is 0 Å². The van der Waals surface area contributed by atoms with Crippen molar-refractivity contribution >= 4 is 5.97 Å². The first-order valence-corrected chi connectivity index (χ1v) is 13.7. The zero-order valence-corrected chi connectivity index (χ0v) is 21.3. The second-order valence-electron chi connectivity index (χ2n) is 12.9. The van der Waals surface area contributed by atoms with E-state index in [0.717, 1.165) is 32.1 Å². The molecule has 0 spiro atoms. The Bertz CT molecular complexity index is 804. The van der Waals surface area contributed by atoms with Crippen LogP contribution >= 0.6 is 0 Å². The number of ether oxygens (including phenoxy) is 2. The van der Waals surface area contributed by atoms with E-state index in [4.69, 9.17) is 9.47 Å². The van der Waals surface area contributed by atoms with Gasteiger partial charge in [0.15, 0.2) is 12.4 Å². The van der Waals surface area contributed by atoms with Crippen LogP contribution in [0.5, 0.6) is 0 Å². The zero-order chi connectivity index (χ0) is 25.3. The molecule has 0 aromatic rings.